The average molecular weight is 261 g/mol. The van der Waals surface area contributed by atoms with Crippen LogP contribution in [0.3, 0.4) is 0 Å². The second-order valence-corrected chi connectivity index (χ2v) is 3.82. The van der Waals surface area contributed by atoms with Gasteiger partial charge in [0.15, 0.2) is 0 Å². The van der Waals surface area contributed by atoms with Gasteiger partial charge in [-0.15, -0.1) is 0 Å². The van der Waals surface area contributed by atoms with Crippen LogP contribution in [0.2, 0.25) is 0 Å². The van der Waals surface area contributed by atoms with E-state index in [1.54, 1.807) is 12.2 Å². The molecule has 0 saturated carbocycles. The van der Waals surface area contributed by atoms with Crippen molar-refractivity contribution in [1.29, 1.82) is 0 Å². The highest BCUT2D eigenvalue weighted by atomic mass is 16.6. The fourth-order valence-electron chi connectivity index (χ4n) is 1.46. The molecule has 0 bridgehead atoms. The van der Waals surface area contributed by atoms with Gasteiger partial charge in [0.25, 0.3) is 5.69 Å². The van der Waals surface area contributed by atoms with E-state index >= 15 is 0 Å². The third-order valence-corrected chi connectivity index (χ3v) is 2.46. The molecular formula is C14H15NO4. The van der Waals surface area contributed by atoms with Crippen molar-refractivity contribution >= 4 is 11.7 Å². The predicted molar refractivity (Wildman–Crippen MR) is 71.9 cm³/mol. The Hall–Kier alpha value is -2.43. The maximum atomic E-state index is 11.6. The lowest BCUT2D eigenvalue weighted by atomic mass is 10.1. The lowest BCUT2D eigenvalue weighted by molar-refractivity contribution is -0.384. The van der Waals surface area contributed by atoms with E-state index in [4.69, 9.17) is 4.74 Å². The van der Waals surface area contributed by atoms with Crippen LogP contribution in [0.25, 0.3) is 0 Å². The van der Waals surface area contributed by atoms with Crippen molar-refractivity contribution in [2.75, 3.05) is 0 Å². The van der Waals surface area contributed by atoms with Crippen LogP contribution in [0.4, 0.5) is 5.69 Å². The van der Waals surface area contributed by atoms with Crippen LogP contribution in [0.5, 0.6) is 5.75 Å². The molecule has 100 valence electrons. The predicted octanol–water partition coefficient (Wildman–Crippen LogP) is 3.41. The molecule has 0 unspecified atom stereocenters. The molecule has 5 nitrogen and oxygen atoms in total. The second-order valence-electron chi connectivity index (χ2n) is 3.82. The number of ether oxygens (including phenoxy) is 1. The fraction of sp³-hybridized carbons (Fsp3) is 0.214. The van der Waals surface area contributed by atoms with Crippen molar-refractivity contribution in [2.45, 2.75) is 19.8 Å². The normalized spacial score (nSPS) is 10.9. The van der Waals surface area contributed by atoms with Gasteiger partial charge >= 0.3 is 5.97 Å². The zero-order chi connectivity index (χ0) is 14.3. The maximum absolute atomic E-state index is 11.6. The van der Waals surface area contributed by atoms with Crippen molar-refractivity contribution in [3.05, 3.63) is 58.7 Å². The third-order valence-electron chi connectivity index (χ3n) is 2.46. The summed E-state index contributed by atoms with van der Waals surface area (Å²) in [5, 5.41) is 10.5. The molecule has 0 atom stereocenters. The second kappa shape index (κ2) is 7.10. The number of rotatable bonds is 6. The first-order valence-corrected chi connectivity index (χ1v) is 5.82. The average Bonchev–Trinajstić information content (AvgIpc) is 2.38. The van der Waals surface area contributed by atoms with Crippen molar-refractivity contribution in [3.63, 3.8) is 0 Å². The Morgan fingerprint density at radius 2 is 2.05 bits per heavy atom. The van der Waals surface area contributed by atoms with Gasteiger partial charge < -0.3 is 4.74 Å². The number of nitrogens with zero attached hydrogens (tertiary/aromatic N) is 1. The van der Waals surface area contributed by atoms with Crippen LogP contribution in [-0.2, 0) is 4.79 Å². The molecule has 0 saturated heterocycles. The lowest BCUT2D eigenvalue weighted by Crippen LogP contribution is -2.08. The quantitative estimate of drug-likeness (QED) is 0.259. The van der Waals surface area contributed by atoms with Crippen LogP contribution < -0.4 is 4.74 Å². The highest BCUT2D eigenvalue weighted by Gasteiger charge is 2.09. The van der Waals surface area contributed by atoms with Gasteiger partial charge in [0.2, 0.25) is 0 Å². The summed E-state index contributed by atoms with van der Waals surface area (Å²) in [6.07, 6.45) is 4.32. The monoisotopic (exact) mass is 261 g/mol. The molecule has 19 heavy (non-hydrogen) atoms. The minimum absolute atomic E-state index is 0.0411. The molecule has 0 aliphatic rings. The van der Waals surface area contributed by atoms with Gasteiger partial charge in [-0.3, -0.25) is 14.9 Å². The summed E-state index contributed by atoms with van der Waals surface area (Å²) in [7, 11) is 0. The van der Waals surface area contributed by atoms with Crippen LogP contribution in [-0.4, -0.2) is 10.9 Å². The molecule has 0 N–H and O–H groups in total. The Labute approximate surface area is 111 Å². The van der Waals surface area contributed by atoms with Gasteiger partial charge in [-0.1, -0.05) is 31.2 Å². The number of carbonyl (C=O) groups excluding carboxylic acids is 1. The highest BCUT2D eigenvalue weighted by Crippen LogP contribution is 2.18. The zero-order valence-corrected chi connectivity index (χ0v) is 10.7. The Bertz CT molecular complexity index is 503. The summed E-state index contributed by atoms with van der Waals surface area (Å²) < 4.78 is 5.09. The third kappa shape index (κ3) is 4.75. The smallest absolute Gasteiger partial charge is 0.315 e. The molecule has 1 aromatic rings. The Balaban J connectivity index is 2.64. The Morgan fingerprint density at radius 1 is 1.42 bits per heavy atom. The lowest BCUT2D eigenvalue weighted by Gasteiger charge is -2.05. The van der Waals surface area contributed by atoms with E-state index in [1.165, 1.54) is 24.3 Å². The van der Waals surface area contributed by atoms with Gasteiger partial charge in [-0.05, 0) is 18.6 Å². The van der Waals surface area contributed by atoms with Crippen molar-refractivity contribution in [2.24, 2.45) is 0 Å². The molecular weight excluding hydrogens is 246 g/mol. The summed E-state index contributed by atoms with van der Waals surface area (Å²) in [6, 6.07) is 5.39. The zero-order valence-electron chi connectivity index (χ0n) is 10.7. The maximum Gasteiger partial charge on any atom is 0.315 e. The number of hydrogen-bond acceptors (Lipinski definition) is 4. The van der Waals surface area contributed by atoms with Gasteiger partial charge in [-0.2, -0.15) is 0 Å². The molecule has 0 aliphatic carbocycles. The number of nitro benzene ring substituents is 1. The van der Waals surface area contributed by atoms with Gasteiger partial charge in [-0.25, -0.2) is 0 Å². The first-order chi connectivity index (χ1) is 9.06. The van der Waals surface area contributed by atoms with Crippen LogP contribution in [0, 0.1) is 10.1 Å². The number of carbonyl (C=O) groups is 1. The van der Waals surface area contributed by atoms with E-state index in [0.717, 1.165) is 12.0 Å². The Morgan fingerprint density at radius 3 is 2.53 bits per heavy atom. The number of non-ortho nitro benzene ring substituents is 1. The Kier molecular flexibility index (Phi) is 5.47. The van der Waals surface area contributed by atoms with Gasteiger partial charge in [0.1, 0.15) is 5.75 Å². The molecule has 0 amide bonds. The number of benzene rings is 1. The summed E-state index contributed by atoms with van der Waals surface area (Å²) in [6.45, 7) is 5.51. The highest BCUT2D eigenvalue weighted by molar-refractivity contribution is 5.75. The molecule has 1 aromatic carbocycles. The van der Waals surface area contributed by atoms with Crippen LogP contribution >= 0.6 is 0 Å². The van der Waals surface area contributed by atoms with Gasteiger partial charge in [0, 0.05) is 12.1 Å². The van der Waals surface area contributed by atoms with E-state index in [9.17, 15) is 14.9 Å². The summed E-state index contributed by atoms with van der Waals surface area (Å²) in [5.74, 6) is -0.103. The summed E-state index contributed by atoms with van der Waals surface area (Å²) in [5.41, 5.74) is 0.877. The molecule has 0 aliphatic heterocycles. The minimum Gasteiger partial charge on any atom is -0.426 e. The standard InChI is InChI=1S/C14H15NO4/c1-3-5-11(4-2)10-14(16)19-13-8-6-12(7-9-13)15(17)18/h3,5-9H,1,4,10H2,2H3/b11-5+. The molecule has 1 rings (SSSR count). The number of allylic oxidation sites excluding steroid dienone is 2. The summed E-state index contributed by atoms with van der Waals surface area (Å²) >= 11 is 0. The molecule has 0 fully saturated rings. The van der Waals surface area contributed by atoms with Crippen molar-refractivity contribution < 1.29 is 14.5 Å². The topological polar surface area (TPSA) is 69.4 Å². The first-order valence-electron chi connectivity index (χ1n) is 5.82. The number of esters is 1. The van der Waals surface area contributed by atoms with E-state index in [2.05, 4.69) is 6.58 Å². The van der Waals surface area contributed by atoms with Crippen LogP contribution in [0.1, 0.15) is 19.8 Å². The SMILES string of the molecule is C=C/C=C(\CC)CC(=O)Oc1ccc([N+](=O)[O-])cc1. The van der Waals surface area contributed by atoms with Gasteiger partial charge in [0.05, 0.1) is 11.3 Å². The van der Waals surface area contributed by atoms with E-state index in [0.29, 0.717) is 5.75 Å². The molecule has 0 aromatic heterocycles. The summed E-state index contributed by atoms with van der Waals surface area (Å²) in [4.78, 5) is 21.6. The van der Waals surface area contributed by atoms with Crippen molar-refractivity contribution in [1.82, 2.24) is 0 Å². The van der Waals surface area contributed by atoms with E-state index < -0.39 is 10.9 Å². The fourth-order valence-corrected chi connectivity index (χ4v) is 1.46. The minimum atomic E-state index is -0.506. The first kappa shape index (κ1) is 14.6. The number of hydrogen-bond donors (Lipinski definition) is 0. The molecule has 0 radical (unpaired) electrons. The van der Waals surface area contributed by atoms with E-state index in [-0.39, 0.29) is 12.1 Å². The van der Waals surface area contributed by atoms with Crippen molar-refractivity contribution in [3.8, 4) is 5.75 Å². The largest absolute Gasteiger partial charge is 0.426 e. The molecule has 5 heteroatoms. The molecule has 0 spiro atoms. The van der Waals surface area contributed by atoms with Crippen LogP contribution in [0.15, 0.2) is 48.6 Å². The molecule has 0 heterocycles. The number of nitro groups is 1. The van der Waals surface area contributed by atoms with E-state index in [1.807, 2.05) is 6.92 Å².